The van der Waals surface area contributed by atoms with Crippen molar-refractivity contribution in [1.82, 2.24) is 10.3 Å². The fraction of sp³-hybridized carbons (Fsp3) is 0.444. The van der Waals surface area contributed by atoms with E-state index in [-0.39, 0.29) is 23.7 Å². The summed E-state index contributed by atoms with van der Waals surface area (Å²) in [4.78, 5) is 27.1. The number of amides is 1. The van der Waals surface area contributed by atoms with E-state index in [0.717, 1.165) is 33.8 Å². The van der Waals surface area contributed by atoms with Gasteiger partial charge in [0.2, 0.25) is 5.91 Å². The van der Waals surface area contributed by atoms with Crippen LogP contribution in [-0.2, 0) is 16.0 Å². The molecule has 3 atom stereocenters. The average molecular weight is 393 g/mol. The van der Waals surface area contributed by atoms with Crippen LogP contribution in [0, 0.1) is 11.3 Å². The molecule has 128 valence electrons. The summed E-state index contributed by atoms with van der Waals surface area (Å²) in [6.45, 7) is 4.13. The highest BCUT2D eigenvalue weighted by molar-refractivity contribution is 9.10. The van der Waals surface area contributed by atoms with Crippen LogP contribution >= 0.6 is 15.9 Å². The maximum atomic E-state index is 12.4. The number of benzene rings is 1. The van der Waals surface area contributed by atoms with Gasteiger partial charge in [0.15, 0.2) is 0 Å². The molecule has 1 saturated carbocycles. The van der Waals surface area contributed by atoms with Gasteiger partial charge in [-0.25, -0.2) is 4.79 Å². The van der Waals surface area contributed by atoms with Crippen molar-refractivity contribution in [3.8, 4) is 0 Å². The predicted octanol–water partition coefficient (Wildman–Crippen LogP) is 3.48. The number of carboxylic acid groups (broad SMARTS) is 1. The Morgan fingerprint density at radius 3 is 2.88 bits per heavy atom. The van der Waals surface area contributed by atoms with Gasteiger partial charge in [-0.1, -0.05) is 29.8 Å². The molecular weight excluding hydrogens is 372 g/mol. The van der Waals surface area contributed by atoms with Gasteiger partial charge in [-0.05, 0) is 42.0 Å². The second-order valence-electron chi connectivity index (χ2n) is 6.87. The van der Waals surface area contributed by atoms with Gasteiger partial charge in [0, 0.05) is 33.9 Å². The molecule has 1 aromatic heterocycles. The van der Waals surface area contributed by atoms with Crippen LogP contribution in [0.4, 0.5) is 0 Å². The Labute approximate surface area is 149 Å². The summed E-state index contributed by atoms with van der Waals surface area (Å²) in [6, 6.07) is 4.90. The molecule has 3 N–H and O–H groups in total. The van der Waals surface area contributed by atoms with E-state index < -0.39 is 12.0 Å². The number of carbonyl (C=O) groups excluding carboxylic acids is 1. The second-order valence-corrected chi connectivity index (χ2v) is 7.79. The van der Waals surface area contributed by atoms with Crippen LogP contribution in [0.25, 0.3) is 10.9 Å². The second kappa shape index (κ2) is 6.24. The van der Waals surface area contributed by atoms with Crippen molar-refractivity contribution in [3.05, 3.63) is 34.4 Å². The summed E-state index contributed by atoms with van der Waals surface area (Å²) in [7, 11) is 0. The first-order chi connectivity index (χ1) is 11.3. The van der Waals surface area contributed by atoms with Crippen molar-refractivity contribution in [2.45, 2.75) is 39.2 Å². The summed E-state index contributed by atoms with van der Waals surface area (Å²) >= 11 is 3.43. The first-order valence-corrected chi connectivity index (χ1v) is 8.92. The zero-order valence-corrected chi connectivity index (χ0v) is 15.3. The highest BCUT2D eigenvalue weighted by atomic mass is 79.9. The van der Waals surface area contributed by atoms with Gasteiger partial charge in [0.25, 0.3) is 0 Å². The van der Waals surface area contributed by atoms with Crippen molar-refractivity contribution in [2.24, 2.45) is 11.3 Å². The van der Waals surface area contributed by atoms with E-state index in [1.165, 1.54) is 0 Å². The monoisotopic (exact) mass is 392 g/mol. The van der Waals surface area contributed by atoms with Crippen molar-refractivity contribution in [3.63, 3.8) is 0 Å². The molecule has 2 aromatic rings. The Morgan fingerprint density at radius 2 is 2.25 bits per heavy atom. The van der Waals surface area contributed by atoms with Crippen molar-refractivity contribution in [2.75, 3.05) is 0 Å². The number of hydrogen-bond acceptors (Lipinski definition) is 2. The third-order valence-electron chi connectivity index (χ3n) is 5.24. The largest absolute Gasteiger partial charge is 0.480 e. The van der Waals surface area contributed by atoms with Crippen LogP contribution in [0.2, 0.25) is 0 Å². The Kier molecular flexibility index (Phi) is 4.42. The minimum atomic E-state index is -1.01. The molecule has 0 bridgehead atoms. The van der Waals surface area contributed by atoms with Gasteiger partial charge in [0.05, 0.1) is 0 Å². The van der Waals surface area contributed by atoms with E-state index in [1.54, 1.807) is 0 Å². The topological polar surface area (TPSA) is 82.2 Å². The molecule has 5 nitrogen and oxygen atoms in total. The SMILES string of the molecule is CCC1(C)CC1C(=O)NC(Cc1c[nH]c2ccc(Br)cc12)C(=O)O. The van der Waals surface area contributed by atoms with E-state index in [4.69, 9.17) is 0 Å². The average Bonchev–Trinajstić information content (AvgIpc) is 3.09. The molecule has 1 aromatic carbocycles. The molecule has 1 aliphatic rings. The number of carbonyl (C=O) groups is 2. The lowest BCUT2D eigenvalue weighted by molar-refractivity contribution is -0.142. The third-order valence-corrected chi connectivity index (χ3v) is 5.74. The number of aliphatic carboxylic acids is 1. The van der Waals surface area contributed by atoms with Gasteiger partial charge in [0.1, 0.15) is 6.04 Å². The van der Waals surface area contributed by atoms with Gasteiger partial charge in [-0.15, -0.1) is 0 Å². The number of H-pyrrole nitrogens is 1. The van der Waals surface area contributed by atoms with Crippen LogP contribution in [0.5, 0.6) is 0 Å². The number of aromatic amines is 1. The lowest BCUT2D eigenvalue weighted by atomic mass is 10.0. The molecule has 6 heteroatoms. The summed E-state index contributed by atoms with van der Waals surface area (Å²) in [5.41, 5.74) is 1.86. The minimum absolute atomic E-state index is 0.0266. The highest BCUT2D eigenvalue weighted by Gasteiger charge is 2.53. The lowest BCUT2D eigenvalue weighted by Crippen LogP contribution is -2.43. The quantitative estimate of drug-likeness (QED) is 0.703. The Balaban J connectivity index is 1.75. The van der Waals surface area contributed by atoms with E-state index in [1.807, 2.05) is 24.4 Å². The van der Waals surface area contributed by atoms with Crippen LogP contribution in [0.3, 0.4) is 0 Å². The van der Waals surface area contributed by atoms with Crippen LogP contribution < -0.4 is 5.32 Å². The van der Waals surface area contributed by atoms with E-state index in [9.17, 15) is 14.7 Å². The van der Waals surface area contributed by atoms with Gasteiger partial charge >= 0.3 is 5.97 Å². The summed E-state index contributed by atoms with van der Waals surface area (Å²) in [5, 5.41) is 13.2. The van der Waals surface area contributed by atoms with Gasteiger partial charge in [-0.2, -0.15) is 0 Å². The van der Waals surface area contributed by atoms with Crippen LogP contribution in [-0.4, -0.2) is 28.0 Å². The summed E-state index contributed by atoms with van der Waals surface area (Å²) in [6.07, 6.45) is 3.83. The molecule has 1 fully saturated rings. The fourth-order valence-corrected chi connectivity index (χ4v) is 3.58. The van der Waals surface area contributed by atoms with Gasteiger partial charge < -0.3 is 15.4 Å². The Hall–Kier alpha value is -1.82. The number of carboxylic acids is 1. The Morgan fingerprint density at radius 1 is 1.50 bits per heavy atom. The van der Waals surface area contributed by atoms with E-state index >= 15 is 0 Å². The van der Waals surface area contributed by atoms with Gasteiger partial charge in [-0.3, -0.25) is 4.79 Å². The summed E-state index contributed by atoms with van der Waals surface area (Å²) < 4.78 is 0.934. The van der Waals surface area contributed by atoms with Crippen LogP contribution in [0.15, 0.2) is 28.9 Å². The molecular formula is C18H21BrN2O3. The number of rotatable bonds is 6. The summed E-state index contributed by atoms with van der Waals surface area (Å²) in [5.74, 6) is -1.22. The molecule has 3 unspecified atom stereocenters. The molecule has 3 rings (SSSR count). The first kappa shape index (κ1) is 17.0. The maximum Gasteiger partial charge on any atom is 0.326 e. The standard InChI is InChI=1S/C18H21BrN2O3/c1-3-18(2)8-13(18)16(22)21-15(17(23)24)6-10-9-20-14-5-4-11(19)7-12(10)14/h4-5,7,9,13,15,20H,3,6,8H2,1-2H3,(H,21,22)(H,23,24). The smallest absolute Gasteiger partial charge is 0.326 e. The van der Waals surface area contributed by atoms with Crippen molar-refractivity contribution in [1.29, 1.82) is 0 Å². The van der Waals surface area contributed by atoms with E-state index in [0.29, 0.717) is 0 Å². The molecule has 1 amide bonds. The third kappa shape index (κ3) is 3.20. The highest BCUT2D eigenvalue weighted by Crippen LogP contribution is 2.54. The lowest BCUT2D eigenvalue weighted by Gasteiger charge is -2.15. The number of halogens is 1. The zero-order chi connectivity index (χ0) is 17.5. The molecule has 1 heterocycles. The molecule has 0 spiro atoms. The van der Waals surface area contributed by atoms with Crippen molar-refractivity contribution < 1.29 is 14.7 Å². The predicted molar refractivity (Wildman–Crippen MR) is 95.8 cm³/mol. The number of hydrogen-bond donors (Lipinski definition) is 3. The van der Waals surface area contributed by atoms with Crippen LogP contribution in [0.1, 0.15) is 32.3 Å². The molecule has 0 saturated heterocycles. The molecule has 0 radical (unpaired) electrons. The van der Waals surface area contributed by atoms with Crippen molar-refractivity contribution >= 4 is 38.7 Å². The van der Waals surface area contributed by atoms with E-state index in [2.05, 4.69) is 40.1 Å². The fourth-order valence-electron chi connectivity index (χ4n) is 3.22. The minimum Gasteiger partial charge on any atom is -0.480 e. The maximum absolute atomic E-state index is 12.4. The number of nitrogens with one attached hydrogen (secondary N) is 2. The molecule has 24 heavy (non-hydrogen) atoms. The Bertz CT molecular complexity index is 801. The molecule has 1 aliphatic carbocycles. The normalized spacial score (nSPS) is 23.9. The number of fused-ring (bicyclic) bond motifs is 1. The zero-order valence-electron chi connectivity index (χ0n) is 13.7. The first-order valence-electron chi connectivity index (χ1n) is 8.13. The number of aromatic nitrogens is 1. The molecule has 0 aliphatic heterocycles.